The van der Waals surface area contributed by atoms with E-state index in [1.165, 1.54) is 11.3 Å². The zero-order chi connectivity index (χ0) is 15.8. The average Bonchev–Trinajstić information content (AvgIpc) is 3.28. The monoisotopic (exact) mass is 323 g/mol. The topological polar surface area (TPSA) is 109 Å². The van der Waals surface area contributed by atoms with Crippen molar-refractivity contribution in [3.63, 3.8) is 0 Å². The first-order chi connectivity index (χ1) is 11.3. The van der Waals surface area contributed by atoms with E-state index in [2.05, 4.69) is 30.3 Å². The summed E-state index contributed by atoms with van der Waals surface area (Å²) >= 11 is 1.46. The number of hydrogen-bond acceptors (Lipinski definition) is 6. The van der Waals surface area contributed by atoms with Crippen LogP contribution in [0.25, 0.3) is 22.4 Å². The molecule has 0 atom stereocenters. The van der Waals surface area contributed by atoms with Gasteiger partial charge in [0, 0.05) is 28.0 Å². The third-order valence-corrected chi connectivity index (χ3v) is 4.36. The van der Waals surface area contributed by atoms with Crippen molar-refractivity contribution in [1.82, 2.24) is 25.1 Å². The van der Waals surface area contributed by atoms with Crippen LogP contribution in [-0.2, 0) is 0 Å². The summed E-state index contributed by atoms with van der Waals surface area (Å²) in [5.41, 5.74) is 3.31. The molecule has 0 aliphatic carbocycles. The van der Waals surface area contributed by atoms with E-state index in [0.717, 1.165) is 27.3 Å². The number of rotatable bonds is 3. The van der Waals surface area contributed by atoms with Crippen molar-refractivity contribution >= 4 is 28.0 Å². The number of benzene rings is 1. The summed E-state index contributed by atoms with van der Waals surface area (Å²) in [5.74, 6) is 6.96. The van der Waals surface area contributed by atoms with Crippen LogP contribution < -0.4 is 5.84 Å². The minimum atomic E-state index is 0.570. The molecule has 7 nitrogen and oxygen atoms in total. The fourth-order valence-electron chi connectivity index (χ4n) is 2.45. The Morgan fingerprint density at radius 3 is 2.91 bits per heavy atom. The number of aromatic nitrogens is 5. The van der Waals surface area contributed by atoms with Gasteiger partial charge in [0.2, 0.25) is 5.82 Å². The van der Waals surface area contributed by atoms with Crippen molar-refractivity contribution in [2.75, 3.05) is 0 Å². The molecule has 3 aromatic heterocycles. The molecule has 0 aliphatic rings. The van der Waals surface area contributed by atoms with Crippen molar-refractivity contribution in [2.45, 2.75) is 6.92 Å². The van der Waals surface area contributed by atoms with Gasteiger partial charge in [-0.1, -0.05) is 18.2 Å². The van der Waals surface area contributed by atoms with E-state index in [9.17, 15) is 0 Å². The SMILES string of the molecule is Cc1nc(-c2csc(/C(=N\N)c3c[nH]c4ccccc34)n2)n[nH]1. The highest BCUT2D eigenvalue weighted by Gasteiger charge is 2.17. The molecule has 0 aliphatic heterocycles. The number of nitrogens with zero attached hydrogens (tertiary/aromatic N) is 4. The van der Waals surface area contributed by atoms with Gasteiger partial charge in [-0.25, -0.2) is 9.97 Å². The second-order valence-electron chi connectivity index (χ2n) is 5.01. The van der Waals surface area contributed by atoms with Gasteiger partial charge in [-0.15, -0.1) is 11.3 Å². The molecule has 0 saturated carbocycles. The van der Waals surface area contributed by atoms with Gasteiger partial charge in [0.1, 0.15) is 22.2 Å². The third-order valence-electron chi connectivity index (χ3n) is 3.51. The Morgan fingerprint density at radius 1 is 1.26 bits per heavy atom. The van der Waals surface area contributed by atoms with E-state index in [-0.39, 0.29) is 0 Å². The molecular formula is C15H13N7S. The summed E-state index contributed by atoms with van der Waals surface area (Å²) < 4.78 is 0. The number of nitrogens with two attached hydrogens (primary N) is 1. The number of hydrazone groups is 1. The zero-order valence-electron chi connectivity index (χ0n) is 12.2. The Bertz CT molecular complexity index is 1010. The van der Waals surface area contributed by atoms with Crippen LogP contribution in [-0.4, -0.2) is 30.9 Å². The minimum absolute atomic E-state index is 0.570. The second-order valence-corrected chi connectivity index (χ2v) is 5.87. The van der Waals surface area contributed by atoms with Gasteiger partial charge in [-0.05, 0) is 13.0 Å². The van der Waals surface area contributed by atoms with E-state index in [1.54, 1.807) is 0 Å². The lowest BCUT2D eigenvalue weighted by Gasteiger charge is -2.00. The molecule has 3 heterocycles. The Hall–Kier alpha value is -3.00. The molecule has 8 heteroatoms. The molecule has 0 unspecified atom stereocenters. The molecule has 0 radical (unpaired) electrons. The van der Waals surface area contributed by atoms with Crippen molar-refractivity contribution in [3.8, 4) is 11.5 Å². The van der Waals surface area contributed by atoms with Crippen LogP contribution in [0.1, 0.15) is 16.4 Å². The fourth-order valence-corrected chi connectivity index (χ4v) is 3.26. The normalized spacial score (nSPS) is 12.1. The molecule has 4 N–H and O–H groups in total. The third kappa shape index (κ3) is 2.29. The molecular weight excluding hydrogens is 310 g/mol. The number of nitrogens with one attached hydrogen (secondary N) is 2. The van der Waals surface area contributed by atoms with Gasteiger partial charge in [0.05, 0.1) is 0 Å². The van der Waals surface area contributed by atoms with Gasteiger partial charge in [-0.2, -0.15) is 10.2 Å². The van der Waals surface area contributed by atoms with Crippen LogP contribution in [0.5, 0.6) is 0 Å². The number of H-pyrrole nitrogens is 2. The Labute approximate surface area is 135 Å². The second kappa shape index (κ2) is 5.33. The zero-order valence-corrected chi connectivity index (χ0v) is 13.1. The molecule has 114 valence electrons. The van der Waals surface area contributed by atoms with E-state index in [1.807, 2.05) is 42.8 Å². The predicted octanol–water partition coefficient (Wildman–Crippen LogP) is 2.43. The smallest absolute Gasteiger partial charge is 0.200 e. The first-order valence-corrected chi connectivity index (χ1v) is 7.84. The molecule has 23 heavy (non-hydrogen) atoms. The summed E-state index contributed by atoms with van der Waals surface area (Å²) in [5, 5.41) is 14.6. The predicted molar refractivity (Wildman–Crippen MR) is 90.4 cm³/mol. The first kappa shape index (κ1) is 13.6. The van der Waals surface area contributed by atoms with E-state index < -0.39 is 0 Å². The molecule has 4 rings (SSSR count). The fraction of sp³-hybridized carbons (Fsp3) is 0.0667. The lowest BCUT2D eigenvalue weighted by Crippen LogP contribution is -2.05. The van der Waals surface area contributed by atoms with E-state index >= 15 is 0 Å². The number of thiazole rings is 1. The summed E-state index contributed by atoms with van der Waals surface area (Å²) in [7, 11) is 0. The van der Waals surface area contributed by atoms with Crippen molar-refractivity contribution in [1.29, 1.82) is 0 Å². The number of hydrogen-bond donors (Lipinski definition) is 3. The quantitative estimate of drug-likeness (QED) is 0.305. The van der Waals surface area contributed by atoms with E-state index in [4.69, 9.17) is 5.84 Å². The van der Waals surface area contributed by atoms with Gasteiger partial charge in [0.25, 0.3) is 0 Å². The van der Waals surface area contributed by atoms with Gasteiger partial charge >= 0.3 is 0 Å². The number of aromatic amines is 2. The molecule has 0 saturated heterocycles. The molecule has 1 aromatic carbocycles. The Morgan fingerprint density at radius 2 is 2.13 bits per heavy atom. The van der Waals surface area contributed by atoms with Crippen LogP contribution in [0.15, 0.2) is 40.9 Å². The number of para-hydroxylation sites is 1. The molecule has 4 aromatic rings. The van der Waals surface area contributed by atoms with Gasteiger partial charge < -0.3 is 10.8 Å². The van der Waals surface area contributed by atoms with Crippen LogP contribution in [0.4, 0.5) is 0 Å². The van der Waals surface area contributed by atoms with E-state index in [0.29, 0.717) is 17.2 Å². The van der Waals surface area contributed by atoms with Crippen molar-refractivity contribution < 1.29 is 0 Å². The number of fused-ring (bicyclic) bond motifs is 1. The van der Waals surface area contributed by atoms with Gasteiger partial charge in [-0.3, -0.25) is 5.10 Å². The highest BCUT2D eigenvalue weighted by Crippen LogP contribution is 2.25. The Balaban J connectivity index is 1.78. The first-order valence-electron chi connectivity index (χ1n) is 6.96. The maximum absolute atomic E-state index is 5.64. The Kier molecular flexibility index (Phi) is 3.16. The van der Waals surface area contributed by atoms with Crippen molar-refractivity contribution in [3.05, 3.63) is 52.2 Å². The largest absolute Gasteiger partial charge is 0.360 e. The van der Waals surface area contributed by atoms with Crippen molar-refractivity contribution in [2.24, 2.45) is 10.9 Å². The lowest BCUT2D eigenvalue weighted by molar-refractivity contribution is 1.04. The molecule has 0 amide bonds. The highest BCUT2D eigenvalue weighted by atomic mass is 32.1. The maximum atomic E-state index is 5.64. The number of aryl methyl sites for hydroxylation is 1. The molecule has 0 spiro atoms. The average molecular weight is 323 g/mol. The van der Waals surface area contributed by atoms with Crippen LogP contribution in [0, 0.1) is 6.92 Å². The summed E-state index contributed by atoms with van der Waals surface area (Å²) in [4.78, 5) is 12.1. The molecule has 0 fully saturated rings. The van der Waals surface area contributed by atoms with Crippen LogP contribution in [0.2, 0.25) is 0 Å². The maximum Gasteiger partial charge on any atom is 0.200 e. The minimum Gasteiger partial charge on any atom is -0.360 e. The summed E-state index contributed by atoms with van der Waals surface area (Å²) in [6, 6.07) is 8.00. The van der Waals surface area contributed by atoms with Gasteiger partial charge in [0.15, 0.2) is 0 Å². The molecule has 0 bridgehead atoms. The van der Waals surface area contributed by atoms with Crippen LogP contribution in [0.3, 0.4) is 0 Å². The highest BCUT2D eigenvalue weighted by molar-refractivity contribution is 7.12. The standard InChI is InChI=1S/C15H13N7S/c1-8-18-14(22-21-8)12-7-23-15(19-12)13(20-16)10-6-17-11-5-3-2-4-9(10)11/h2-7,17H,16H2,1H3,(H,18,21,22)/b20-13-. The lowest BCUT2D eigenvalue weighted by atomic mass is 10.1. The summed E-state index contributed by atoms with van der Waals surface area (Å²) in [6.07, 6.45) is 1.90. The summed E-state index contributed by atoms with van der Waals surface area (Å²) in [6.45, 7) is 1.85. The van der Waals surface area contributed by atoms with Crippen LogP contribution >= 0.6 is 11.3 Å².